The molecule has 1 fully saturated rings. The zero-order valence-electron chi connectivity index (χ0n) is 11.2. The quantitative estimate of drug-likeness (QED) is 0.891. The zero-order valence-corrected chi connectivity index (χ0v) is 12.8. The fraction of sp³-hybridized carbons (Fsp3) is 0.500. The van der Waals surface area contributed by atoms with Crippen LogP contribution >= 0.6 is 22.7 Å². The fourth-order valence-corrected chi connectivity index (χ4v) is 3.79. The maximum absolute atomic E-state index is 10.3. The summed E-state index contributed by atoms with van der Waals surface area (Å²) in [4.78, 5) is 4.61. The molecule has 0 unspecified atom stereocenters. The van der Waals surface area contributed by atoms with E-state index in [-0.39, 0.29) is 0 Å². The Morgan fingerprint density at radius 3 is 2.95 bits per heavy atom. The van der Waals surface area contributed by atoms with Crippen molar-refractivity contribution < 1.29 is 9.84 Å². The molecule has 1 aliphatic heterocycles. The summed E-state index contributed by atoms with van der Waals surface area (Å²) in [6.45, 7) is 2.60. The zero-order chi connectivity index (χ0) is 13.8. The van der Waals surface area contributed by atoms with Crippen LogP contribution < -0.4 is 5.32 Å². The summed E-state index contributed by atoms with van der Waals surface area (Å²) < 4.78 is 5.28. The molecular formula is C14H18N2O2S2. The van der Waals surface area contributed by atoms with Gasteiger partial charge in [-0.15, -0.1) is 11.3 Å². The summed E-state index contributed by atoms with van der Waals surface area (Å²) >= 11 is 3.35. The highest BCUT2D eigenvalue weighted by atomic mass is 32.1. The predicted octanol–water partition coefficient (Wildman–Crippen LogP) is 2.50. The summed E-state index contributed by atoms with van der Waals surface area (Å²) in [5, 5.41) is 21.0. The molecule has 2 aromatic heterocycles. The molecule has 0 amide bonds. The third-order valence-electron chi connectivity index (χ3n) is 3.50. The van der Waals surface area contributed by atoms with Crippen molar-refractivity contribution in [1.29, 1.82) is 0 Å². The maximum atomic E-state index is 10.3. The molecule has 0 bridgehead atoms. The topological polar surface area (TPSA) is 54.4 Å². The lowest BCUT2D eigenvalue weighted by Crippen LogP contribution is -2.44. The SMILES string of the molecule is OC1(CNCc2csc(-c3ccsc3)n2)CCOCC1. The van der Waals surface area contributed by atoms with E-state index in [1.165, 1.54) is 5.56 Å². The molecule has 0 radical (unpaired) electrons. The number of thiophene rings is 1. The van der Waals surface area contributed by atoms with Gasteiger partial charge in [0.15, 0.2) is 0 Å². The smallest absolute Gasteiger partial charge is 0.124 e. The Balaban J connectivity index is 1.51. The summed E-state index contributed by atoms with van der Waals surface area (Å²) in [6, 6.07) is 2.09. The highest BCUT2D eigenvalue weighted by Gasteiger charge is 2.29. The number of nitrogens with zero attached hydrogens (tertiary/aromatic N) is 1. The average Bonchev–Trinajstić information content (AvgIpc) is 3.09. The minimum atomic E-state index is -0.621. The third kappa shape index (κ3) is 3.45. The van der Waals surface area contributed by atoms with Crippen molar-refractivity contribution in [3.05, 3.63) is 27.9 Å². The van der Waals surface area contributed by atoms with Gasteiger partial charge in [0.1, 0.15) is 5.01 Å². The second-order valence-corrected chi connectivity index (χ2v) is 6.73. The van der Waals surface area contributed by atoms with Crippen molar-refractivity contribution in [3.8, 4) is 10.6 Å². The largest absolute Gasteiger partial charge is 0.388 e. The van der Waals surface area contributed by atoms with Gasteiger partial charge in [-0.05, 0) is 11.4 Å². The van der Waals surface area contributed by atoms with E-state index in [1.807, 2.05) is 0 Å². The Morgan fingerprint density at radius 1 is 1.35 bits per heavy atom. The second kappa shape index (κ2) is 6.32. The van der Waals surface area contributed by atoms with Crippen LogP contribution in [-0.2, 0) is 11.3 Å². The van der Waals surface area contributed by atoms with Crippen molar-refractivity contribution >= 4 is 22.7 Å². The maximum Gasteiger partial charge on any atom is 0.124 e. The Hall–Kier alpha value is -0.790. The third-order valence-corrected chi connectivity index (χ3v) is 5.13. The lowest BCUT2D eigenvalue weighted by molar-refractivity contribution is -0.0617. The molecule has 0 atom stereocenters. The van der Waals surface area contributed by atoms with Crippen LogP contribution in [0.25, 0.3) is 10.6 Å². The van der Waals surface area contributed by atoms with Crippen molar-refractivity contribution in [2.75, 3.05) is 19.8 Å². The van der Waals surface area contributed by atoms with Crippen LogP contribution in [0.2, 0.25) is 0 Å². The first-order valence-corrected chi connectivity index (χ1v) is 8.55. The highest BCUT2D eigenvalue weighted by Crippen LogP contribution is 2.25. The van der Waals surface area contributed by atoms with Gasteiger partial charge in [0.2, 0.25) is 0 Å². The van der Waals surface area contributed by atoms with Gasteiger partial charge < -0.3 is 15.2 Å². The van der Waals surface area contributed by atoms with Gasteiger partial charge in [0, 0.05) is 55.5 Å². The fourth-order valence-electron chi connectivity index (χ4n) is 2.26. The summed E-state index contributed by atoms with van der Waals surface area (Å²) in [5.41, 5.74) is 1.60. The molecule has 3 rings (SSSR count). The number of rotatable bonds is 5. The van der Waals surface area contributed by atoms with Crippen molar-refractivity contribution in [1.82, 2.24) is 10.3 Å². The molecule has 0 spiro atoms. The Bertz CT molecular complexity index is 533. The molecule has 0 aromatic carbocycles. The van der Waals surface area contributed by atoms with Gasteiger partial charge in [-0.3, -0.25) is 0 Å². The van der Waals surface area contributed by atoms with E-state index in [9.17, 15) is 5.11 Å². The van der Waals surface area contributed by atoms with E-state index < -0.39 is 5.60 Å². The standard InChI is InChI=1S/C14H18N2O2S2/c17-14(2-4-18-5-3-14)10-15-7-12-9-20-13(16-12)11-1-6-19-8-11/h1,6,8-9,15,17H,2-5,7,10H2. The van der Waals surface area contributed by atoms with E-state index in [0.717, 1.165) is 10.7 Å². The molecule has 20 heavy (non-hydrogen) atoms. The normalized spacial score (nSPS) is 18.2. The molecule has 1 aliphatic rings. The minimum Gasteiger partial charge on any atom is -0.388 e. The molecule has 0 aliphatic carbocycles. The van der Waals surface area contributed by atoms with Gasteiger partial charge in [-0.25, -0.2) is 4.98 Å². The Labute approximate surface area is 126 Å². The summed E-state index contributed by atoms with van der Waals surface area (Å²) in [6.07, 6.45) is 1.41. The van der Waals surface area contributed by atoms with E-state index in [2.05, 4.69) is 32.5 Å². The number of nitrogens with one attached hydrogen (secondary N) is 1. The van der Waals surface area contributed by atoms with E-state index in [4.69, 9.17) is 4.74 Å². The van der Waals surface area contributed by atoms with Gasteiger partial charge >= 0.3 is 0 Å². The first kappa shape index (κ1) is 14.2. The monoisotopic (exact) mass is 310 g/mol. The first-order chi connectivity index (χ1) is 9.75. The number of thiazole rings is 1. The van der Waals surface area contributed by atoms with Gasteiger partial charge in [0.05, 0.1) is 11.3 Å². The molecule has 4 nitrogen and oxygen atoms in total. The van der Waals surface area contributed by atoms with Crippen LogP contribution in [0.1, 0.15) is 18.5 Å². The van der Waals surface area contributed by atoms with Crippen LogP contribution in [0, 0.1) is 0 Å². The predicted molar refractivity (Wildman–Crippen MR) is 82.1 cm³/mol. The molecule has 6 heteroatoms. The number of aromatic nitrogens is 1. The summed E-state index contributed by atoms with van der Waals surface area (Å²) in [7, 11) is 0. The average molecular weight is 310 g/mol. The van der Waals surface area contributed by atoms with Crippen LogP contribution in [0.4, 0.5) is 0 Å². The van der Waals surface area contributed by atoms with E-state index >= 15 is 0 Å². The molecule has 2 N–H and O–H groups in total. The summed E-state index contributed by atoms with van der Waals surface area (Å²) in [5.74, 6) is 0. The van der Waals surface area contributed by atoms with Crippen LogP contribution in [0.5, 0.6) is 0 Å². The van der Waals surface area contributed by atoms with Gasteiger partial charge in [0.25, 0.3) is 0 Å². The number of ether oxygens (including phenoxy) is 1. The molecule has 3 heterocycles. The van der Waals surface area contributed by atoms with Crippen molar-refractivity contribution in [2.24, 2.45) is 0 Å². The van der Waals surface area contributed by atoms with Crippen LogP contribution in [0.15, 0.2) is 22.2 Å². The van der Waals surface area contributed by atoms with Crippen LogP contribution in [0.3, 0.4) is 0 Å². The molecule has 108 valence electrons. The van der Waals surface area contributed by atoms with E-state index in [1.54, 1.807) is 22.7 Å². The minimum absolute atomic E-state index is 0.599. The number of hydrogen-bond acceptors (Lipinski definition) is 6. The molecule has 0 saturated carbocycles. The molecule has 2 aromatic rings. The Kier molecular flexibility index (Phi) is 4.48. The molecule has 1 saturated heterocycles. The van der Waals surface area contributed by atoms with Crippen molar-refractivity contribution in [2.45, 2.75) is 25.0 Å². The lowest BCUT2D eigenvalue weighted by Gasteiger charge is -2.32. The first-order valence-electron chi connectivity index (χ1n) is 6.73. The van der Waals surface area contributed by atoms with Crippen molar-refractivity contribution in [3.63, 3.8) is 0 Å². The van der Waals surface area contributed by atoms with E-state index in [0.29, 0.717) is 39.1 Å². The Morgan fingerprint density at radius 2 is 2.20 bits per heavy atom. The number of aliphatic hydroxyl groups is 1. The second-order valence-electron chi connectivity index (χ2n) is 5.10. The lowest BCUT2D eigenvalue weighted by atomic mass is 9.94. The number of hydrogen-bond donors (Lipinski definition) is 2. The van der Waals surface area contributed by atoms with Gasteiger partial charge in [-0.2, -0.15) is 11.3 Å². The highest BCUT2D eigenvalue weighted by molar-refractivity contribution is 7.14. The van der Waals surface area contributed by atoms with Crippen LogP contribution in [-0.4, -0.2) is 35.5 Å². The molecular weight excluding hydrogens is 292 g/mol. The van der Waals surface area contributed by atoms with Gasteiger partial charge in [-0.1, -0.05) is 0 Å².